The first kappa shape index (κ1) is 28.6. The number of benzene rings is 7. The van der Waals surface area contributed by atoms with Crippen LogP contribution in [0.3, 0.4) is 0 Å². The van der Waals surface area contributed by atoms with E-state index in [1.165, 1.54) is 33.4 Å². The van der Waals surface area contributed by atoms with E-state index in [1.807, 2.05) is 18.2 Å². The minimum absolute atomic E-state index is 0.106. The minimum Gasteiger partial charge on any atom is -0.456 e. The van der Waals surface area contributed by atoms with Gasteiger partial charge in [0, 0.05) is 50.8 Å². The van der Waals surface area contributed by atoms with Crippen molar-refractivity contribution < 1.29 is 4.42 Å². The van der Waals surface area contributed by atoms with E-state index in [-0.39, 0.29) is 5.41 Å². The Hall–Kier alpha value is -6.39. The number of H-pyrrole nitrogens is 1. The molecule has 0 radical (unpaired) electrons. The lowest BCUT2D eigenvalue weighted by atomic mass is 9.82. The van der Waals surface area contributed by atoms with Crippen LogP contribution in [-0.4, -0.2) is 9.97 Å². The zero-order chi connectivity index (χ0) is 33.4. The molecule has 2 heterocycles. The molecule has 0 amide bonds. The van der Waals surface area contributed by atoms with Crippen molar-refractivity contribution in [3.63, 3.8) is 0 Å². The number of nitrogens with zero attached hydrogens (tertiary/aromatic N) is 2. The smallest absolute Gasteiger partial charge is 0.138 e. The van der Waals surface area contributed by atoms with Gasteiger partial charge in [-0.15, -0.1) is 0 Å². The van der Waals surface area contributed by atoms with Gasteiger partial charge in [0.1, 0.15) is 17.0 Å². The van der Waals surface area contributed by atoms with Gasteiger partial charge in [-0.25, -0.2) is 4.98 Å². The highest BCUT2D eigenvalue weighted by atomic mass is 16.3. The van der Waals surface area contributed by atoms with Crippen molar-refractivity contribution in [2.24, 2.45) is 0 Å². The fraction of sp³-hybridized carbons (Fsp3) is 0.0652. The molecule has 2 aromatic heterocycles. The number of aromatic amines is 1. The van der Waals surface area contributed by atoms with Gasteiger partial charge < -0.3 is 14.3 Å². The average Bonchev–Trinajstić information content (AvgIpc) is 3.81. The second kappa shape index (κ2) is 10.8. The summed E-state index contributed by atoms with van der Waals surface area (Å²) >= 11 is 0. The lowest BCUT2D eigenvalue weighted by Gasteiger charge is -2.29. The molecule has 0 saturated heterocycles. The summed E-state index contributed by atoms with van der Waals surface area (Å²) in [6.07, 6.45) is 0. The van der Waals surface area contributed by atoms with Crippen LogP contribution in [0.25, 0.3) is 66.6 Å². The fourth-order valence-electron chi connectivity index (χ4n) is 7.92. The molecule has 1 aliphatic carbocycles. The molecule has 0 atom stereocenters. The van der Waals surface area contributed by atoms with Crippen molar-refractivity contribution in [1.29, 1.82) is 0 Å². The van der Waals surface area contributed by atoms with Gasteiger partial charge in [0.25, 0.3) is 0 Å². The molecule has 0 fully saturated rings. The highest BCUT2D eigenvalue weighted by Crippen LogP contribution is 2.54. The number of fused-ring (bicyclic) bond motifs is 7. The Morgan fingerprint density at radius 2 is 1.22 bits per heavy atom. The Balaban J connectivity index is 1.15. The van der Waals surface area contributed by atoms with Crippen LogP contribution in [0.1, 0.15) is 25.0 Å². The molecule has 0 aliphatic heterocycles. The van der Waals surface area contributed by atoms with Gasteiger partial charge >= 0.3 is 0 Å². The van der Waals surface area contributed by atoms with Crippen molar-refractivity contribution >= 4 is 50.0 Å². The number of imidazole rings is 1. The van der Waals surface area contributed by atoms with Gasteiger partial charge in [0.2, 0.25) is 0 Å². The maximum absolute atomic E-state index is 6.62. The molecule has 4 heteroatoms. The maximum atomic E-state index is 6.62. The highest BCUT2D eigenvalue weighted by Gasteiger charge is 2.37. The Labute approximate surface area is 290 Å². The van der Waals surface area contributed by atoms with Crippen LogP contribution < -0.4 is 4.90 Å². The van der Waals surface area contributed by atoms with Crippen molar-refractivity contribution in [1.82, 2.24) is 9.97 Å². The van der Waals surface area contributed by atoms with Crippen LogP contribution in [0.15, 0.2) is 162 Å². The molecule has 1 N–H and O–H groups in total. The third kappa shape index (κ3) is 4.35. The fourth-order valence-corrected chi connectivity index (χ4v) is 7.92. The van der Waals surface area contributed by atoms with Gasteiger partial charge in [-0.3, -0.25) is 0 Å². The van der Waals surface area contributed by atoms with Crippen LogP contribution in [0, 0.1) is 0 Å². The molecule has 0 bridgehead atoms. The van der Waals surface area contributed by atoms with Gasteiger partial charge in [-0.05, 0) is 64.2 Å². The molecule has 10 rings (SSSR count). The van der Waals surface area contributed by atoms with E-state index in [2.05, 4.69) is 163 Å². The highest BCUT2D eigenvalue weighted by molar-refractivity contribution is 6.10. The summed E-state index contributed by atoms with van der Waals surface area (Å²) in [5, 5.41) is 2.14. The van der Waals surface area contributed by atoms with Gasteiger partial charge in [-0.2, -0.15) is 0 Å². The summed E-state index contributed by atoms with van der Waals surface area (Å²) in [4.78, 5) is 10.8. The Morgan fingerprint density at radius 1 is 0.560 bits per heavy atom. The van der Waals surface area contributed by atoms with Crippen LogP contribution in [0.4, 0.5) is 17.1 Å². The summed E-state index contributed by atoms with van der Waals surface area (Å²) in [6, 6.07) is 56.1. The van der Waals surface area contributed by atoms with E-state index in [0.717, 1.165) is 61.4 Å². The summed E-state index contributed by atoms with van der Waals surface area (Å²) in [5.41, 5.74) is 15.4. The summed E-state index contributed by atoms with van der Waals surface area (Å²) in [6.45, 7) is 4.67. The molecule has 0 unspecified atom stereocenters. The van der Waals surface area contributed by atoms with Crippen LogP contribution >= 0.6 is 0 Å². The lowest BCUT2D eigenvalue weighted by Crippen LogP contribution is -2.16. The van der Waals surface area contributed by atoms with Crippen molar-refractivity contribution in [2.75, 3.05) is 4.90 Å². The number of nitrogens with one attached hydrogen (secondary N) is 1. The van der Waals surface area contributed by atoms with Gasteiger partial charge in [0.15, 0.2) is 0 Å². The second-order valence-corrected chi connectivity index (χ2v) is 13.7. The predicted molar refractivity (Wildman–Crippen MR) is 206 cm³/mol. The third-order valence-corrected chi connectivity index (χ3v) is 10.4. The number of hydrogen-bond donors (Lipinski definition) is 1. The van der Waals surface area contributed by atoms with Crippen LogP contribution in [-0.2, 0) is 5.41 Å². The standard InChI is InChI=1S/C46H33N3O/c1-46(2)37-17-10-9-16-35(37)44-38(46)18-11-19-41(44)49(32-22-20-30(21-23-32)29-12-5-3-6-13-29)33-24-25-34-36-27-39-40(28-43(36)50-42(34)26-33)48-45(47-39)31-14-7-4-8-15-31/h3-28H,1-2H3,(H,47,48). The summed E-state index contributed by atoms with van der Waals surface area (Å²) < 4.78 is 6.62. The molecule has 4 nitrogen and oxygen atoms in total. The first-order chi connectivity index (χ1) is 24.5. The maximum Gasteiger partial charge on any atom is 0.138 e. The second-order valence-electron chi connectivity index (χ2n) is 13.7. The van der Waals surface area contributed by atoms with Crippen LogP contribution in [0.5, 0.6) is 0 Å². The molecule has 1 aliphatic rings. The molecule has 7 aromatic carbocycles. The first-order valence-electron chi connectivity index (χ1n) is 17.1. The van der Waals surface area contributed by atoms with Gasteiger partial charge in [0.05, 0.1) is 16.7 Å². The van der Waals surface area contributed by atoms with Crippen molar-refractivity contribution in [3.05, 3.63) is 169 Å². The number of rotatable bonds is 5. The number of aromatic nitrogens is 2. The van der Waals surface area contributed by atoms with E-state index in [4.69, 9.17) is 9.40 Å². The Kier molecular flexibility index (Phi) is 6.19. The number of hydrogen-bond acceptors (Lipinski definition) is 3. The summed E-state index contributed by atoms with van der Waals surface area (Å²) in [7, 11) is 0. The molecular weight excluding hydrogens is 611 g/mol. The Bertz CT molecular complexity index is 2720. The number of anilines is 3. The third-order valence-electron chi connectivity index (χ3n) is 10.4. The zero-order valence-corrected chi connectivity index (χ0v) is 27.8. The van der Waals surface area contributed by atoms with Crippen molar-refractivity contribution in [2.45, 2.75) is 19.3 Å². The molecule has 9 aromatic rings. The quantitative estimate of drug-likeness (QED) is 0.203. The first-order valence-corrected chi connectivity index (χ1v) is 17.1. The minimum atomic E-state index is -0.106. The van der Waals surface area contributed by atoms with E-state index in [1.54, 1.807) is 0 Å². The Morgan fingerprint density at radius 3 is 2.02 bits per heavy atom. The predicted octanol–water partition coefficient (Wildman–Crippen LogP) is 12.6. The molecular formula is C46H33N3O. The van der Waals surface area contributed by atoms with Crippen LogP contribution in [0.2, 0.25) is 0 Å². The monoisotopic (exact) mass is 643 g/mol. The molecule has 50 heavy (non-hydrogen) atoms. The zero-order valence-electron chi connectivity index (χ0n) is 27.8. The van der Waals surface area contributed by atoms with E-state index < -0.39 is 0 Å². The number of furan rings is 1. The SMILES string of the molecule is CC1(C)c2ccccc2-c2c(N(c3ccc(-c4ccccc4)cc3)c3ccc4c(c3)oc3cc5nc(-c6ccccc6)[nH]c5cc34)cccc21. The van der Waals surface area contributed by atoms with E-state index in [0.29, 0.717) is 0 Å². The molecule has 0 saturated carbocycles. The topological polar surface area (TPSA) is 45.1 Å². The largest absolute Gasteiger partial charge is 0.456 e. The summed E-state index contributed by atoms with van der Waals surface area (Å²) in [5.74, 6) is 0.855. The van der Waals surface area contributed by atoms with Crippen molar-refractivity contribution in [3.8, 4) is 33.6 Å². The molecule has 238 valence electrons. The normalized spacial score (nSPS) is 13.2. The van der Waals surface area contributed by atoms with E-state index >= 15 is 0 Å². The van der Waals surface area contributed by atoms with Gasteiger partial charge in [-0.1, -0.05) is 123 Å². The molecule has 0 spiro atoms. The van der Waals surface area contributed by atoms with E-state index in [9.17, 15) is 0 Å². The lowest BCUT2D eigenvalue weighted by molar-refractivity contribution is 0.660. The average molecular weight is 644 g/mol.